The van der Waals surface area contributed by atoms with E-state index in [0.29, 0.717) is 0 Å². The van der Waals surface area contributed by atoms with Crippen LogP contribution in [0.2, 0.25) is 0 Å². The number of hydrogen-bond donors (Lipinski definition) is 0. The van der Waals surface area contributed by atoms with Crippen LogP contribution in [0.15, 0.2) is 29.6 Å². The first-order valence-corrected chi connectivity index (χ1v) is 7.51. The zero-order valence-electron chi connectivity index (χ0n) is 10.3. The lowest BCUT2D eigenvalue weighted by atomic mass is 10.0. The van der Waals surface area contributed by atoms with Gasteiger partial charge in [-0.3, -0.25) is 0 Å². The molecule has 0 fully saturated rings. The molecule has 0 spiro atoms. The third-order valence-electron chi connectivity index (χ3n) is 3.36. The summed E-state index contributed by atoms with van der Waals surface area (Å²) in [6.07, 6.45) is 2.19. The number of ether oxygens (including phenoxy) is 1. The number of rotatable bonds is 2. The van der Waals surface area contributed by atoms with E-state index in [9.17, 15) is 0 Å². The Labute approximate surface area is 116 Å². The number of fused-ring (bicyclic) bond motifs is 1. The molecule has 2 heterocycles. The lowest BCUT2D eigenvalue weighted by Crippen LogP contribution is -2.08. The van der Waals surface area contributed by atoms with E-state index >= 15 is 0 Å². The summed E-state index contributed by atoms with van der Waals surface area (Å²) in [6, 6.07) is 8.46. The maximum absolute atomic E-state index is 6.59. The standard InChI is InChI=1S/C15H15ClOS/c1-10-6-8-18-15(10)14(16)12-4-5-13-11(9-12)3-2-7-17-13/h4-6,8-9,14H,2-3,7H2,1H3. The zero-order chi connectivity index (χ0) is 12.5. The number of benzene rings is 1. The van der Waals surface area contributed by atoms with Crippen molar-refractivity contribution >= 4 is 22.9 Å². The minimum Gasteiger partial charge on any atom is -0.493 e. The van der Waals surface area contributed by atoms with Crippen molar-refractivity contribution in [2.24, 2.45) is 0 Å². The van der Waals surface area contributed by atoms with Gasteiger partial charge in [0, 0.05) is 4.88 Å². The number of halogens is 1. The highest BCUT2D eigenvalue weighted by Crippen LogP contribution is 2.37. The SMILES string of the molecule is Cc1ccsc1C(Cl)c1ccc2c(c1)CCCO2. The lowest BCUT2D eigenvalue weighted by Gasteiger charge is -2.19. The molecule has 1 atom stereocenters. The van der Waals surface area contributed by atoms with Crippen molar-refractivity contribution in [3.63, 3.8) is 0 Å². The number of thiophene rings is 1. The molecule has 0 aliphatic carbocycles. The average Bonchev–Trinajstić information content (AvgIpc) is 2.83. The molecule has 1 aromatic heterocycles. The van der Waals surface area contributed by atoms with E-state index < -0.39 is 0 Å². The van der Waals surface area contributed by atoms with Gasteiger partial charge in [0.25, 0.3) is 0 Å². The van der Waals surface area contributed by atoms with Crippen LogP contribution in [0.4, 0.5) is 0 Å². The van der Waals surface area contributed by atoms with Gasteiger partial charge in [0.05, 0.1) is 12.0 Å². The van der Waals surface area contributed by atoms with Crippen LogP contribution in [-0.4, -0.2) is 6.61 Å². The van der Waals surface area contributed by atoms with Crippen molar-refractivity contribution in [1.82, 2.24) is 0 Å². The number of aryl methyl sites for hydroxylation is 2. The van der Waals surface area contributed by atoms with E-state index in [0.717, 1.165) is 25.2 Å². The van der Waals surface area contributed by atoms with Crippen LogP contribution in [0.1, 0.15) is 33.4 Å². The summed E-state index contributed by atoms with van der Waals surface area (Å²) in [5, 5.41) is 2.05. The van der Waals surface area contributed by atoms with E-state index in [1.54, 1.807) is 11.3 Å². The second kappa shape index (κ2) is 4.94. The van der Waals surface area contributed by atoms with Gasteiger partial charge in [0.1, 0.15) is 5.75 Å². The van der Waals surface area contributed by atoms with Crippen LogP contribution in [0.25, 0.3) is 0 Å². The predicted molar refractivity (Wildman–Crippen MR) is 77.0 cm³/mol. The Morgan fingerprint density at radius 2 is 2.22 bits per heavy atom. The van der Waals surface area contributed by atoms with Gasteiger partial charge in [-0.05, 0) is 54.0 Å². The third-order valence-corrected chi connectivity index (χ3v) is 5.04. The van der Waals surface area contributed by atoms with Crippen LogP contribution in [-0.2, 0) is 6.42 Å². The molecule has 1 aliphatic rings. The van der Waals surface area contributed by atoms with Crippen molar-refractivity contribution in [3.8, 4) is 5.75 Å². The summed E-state index contributed by atoms with van der Waals surface area (Å²) in [7, 11) is 0. The van der Waals surface area contributed by atoms with Gasteiger partial charge in [-0.25, -0.2) is 0 Å². The summed E-state index contributed by atoms with van der Waals surface area (Å²) < 4.78 is 5.63. The Bertz CT molecular complexity index is 561. The molecule has 0 bridgehead atoms. The molecule has 1 nitrogen and oxygen atoms in total. The Hall–Kier alpha value is -0.990. The molecule has 1 aliphatic heterocycles. The van der Waals surface area contributed by atoms with Crippen molar-refractivity contribution < 1.29 is 4.74 Å². The van der Waals surface area contributed by atoms with Gasteiger partial charge in [-0.15, -0.1) is 22.9 Å². The number of alkyl halides is 1. The Morgan fingerprint density at radius 3 is 3.00 bits per heavy atom. The molecule has 0 saturated heterocycles. The van der Waals surface area contributed by atoms with Gasteiger partial charge < -0.3 is 4.74 Å². The highest BCUT2D eigenvalue weighted by Gasteiger charge is 2.17. The fraction of sp³-hybridized carbons (Fsp3) is 0.333. The minimum atomic E-state index is -0.0442. The van der Waals surface area contributed by atoms with Crippen LogP contribution >= 0.6 is 22.9 Å². The Kier molecular flexibility index (Phi) is 3.31. The molecule has 1 unspecified atom stereocenters. The van der Waals surface area contributed by atoms with Crippen molar-refractivity contribution in [2.75, 3.05) is 6.61 Å². The molecule has 0 radical (unpaired) electrons. The Morgan fingerprint density at radius 1 is 1.33 bits per heavy atom. The van der Waals surface area contributed by atoms with Crippen LogP contribution < -0.4 is 4.74 Å². The summed E-state index contributed by atoms with van der Waals surface area (Å²) in [6.45, 7) is 2.95. The van der Waals surface area contributed by atoms with Gasteiger partial charge in [-0.1, -0.05) is 12.1 Å². The summed E-state index contributed by atoms with van der Waals surface area (Å²) >= 11 is 8.32. The fourth-order valence-corrected chi connectivity index (χ4v) is 3.72. The average molecular weight is 279 g/mol. The first-order chi connectivity index (χ1) is 8.75. The molecular weight excluding hydrogens is 264 g/mol. The second-order valence-electron chi connectivity index (χ2n) is 4.65. The van der Waals surface area contributed by atoms with Crippen molar-refractivity contribution in [2.45, 2.75) is 25.1 Å². The van der Waals surface area contributed by atoms with E-state index in [1.807, 2.05) is 0 Å². The third kappa shape index (κ3) is 2.15. The molecule has 18 heavy (non-hydrogen) atoms. The van der Waals surface area contributed by atoms with Crippen LogP contribution in [0.5, 0.6) is 5.75 Å². The van der Waals surface area contributed by atoms with Gasteiger partial charge in [0.2, 0.25) is 0 Å². The van der Waals surface area contributed by atoms with Crippen LogP contribution in [0.3, 0.4) is 0 Å². The number of hydrogen-bond acceptors (Lipinski definition) is 2. The zero-order valence-corrected chi connectivity index (χ0v) is 11.9. The molecule has 1 aromatic carbocycles. The highest BCUT2D eigenvalue weighted by molar-refractivity contribution is 7.10. The fourth-order valence-electron chi connectivity index (χ4n) is 2.33. The maximum Gasteiger partial charge on any atom is 0.122 e. The monoisotopic (exact) mass is 278 g/mol. The van der Waals surface area contributed by atoms with Gasteiger partial charge in [0.15, 0.2) is 0 Å². The topological polar surface area (TPSA) is 9.23 Å². The largest absolute Gasteiger partial charge is 0.493 e. The summed E-state index contributed by atoms with van der Waals surface area (Å²) in [5.74, 6) is 1.02. The first kappa shape index (κ1) is 12.1. The molecule has 3 heteroatoms. The van der Waals surface area contributed by atoms with E-state index in [2.05, 4.69) is 36.6 Å². The van der Waals surface area contributed by atoms with E-state index in [4.69, 9.17) is 16.3 Å². The van der Waals surface area contributed by atoms with Crippen LogP contribution in [0, 0.1) is 6.92 Å². The van der Waals surface area contributed by atoms with Crippen molar-refractivity contribution in [3.05, 3.63) is 51.2 Å². The molecule has 94 valence electrons. The maximum atomic E-state index is 6.59. The summed E-state index contributed by atoms with van der Waals surface area (Å²) in [5.41, 5.74) is 3.74. The predicted octanol–water partition coefficient (Wildman–Crippen LogP) is 4.71. The molecule has 0 amide bonds. The van der Waals surface area contributed by atoms with Gasteiger partial charge in [-0.2, -0.15) is 0 Å². The smallest absolute Gasteiger partial charge is 0.122 e. The molecule has 0 saturated carbocycles. The van der Waals surface area contributed by atoms with Crippen molar-refractivity contribution in [1.29, 1.82) is 0 Å². The minimum absolute atomic E-state index is 0.0442. The summed E-state index contributed by atoms with van der Waals surface area (Å²) in [4.78, 5) is 1.24. The normalized spacial score (nSPS) is 15.9. The second-order valence-corrected chi connectivity index (χ2v) is 6.03. The molecule has 0 N–H and O–H groups in total. The molecule has 2 aromatic rings. The molecule has 3 rings (SSSR count). The lowest BCUT2D eigenvalue weighted by molar-refractivity contribution is 0.288. The first-order valence-electron chi connectivity index (χ1n) is 6.19. The quantitative estimate of drug-likeness (QED) is 0.723. The van der Waals surface area contributed by atoms with Gasteiger partial charge >= 0.3 is 0 Å². The highest BCUT2D eigenvalue weighted by atomic mass is 35.5. The Balaban J connectivity index is 1.95. The van der Waals surface area contributed by atoms with E-state index in [-0.39, 0.29) is 5.38 Å². The molecular formula is C15H15ClOS. The van der Waals surface area contributed by atoms with E-state index in [1.165, 1.54) is 21.6 Å².